The number of carbonyl (C=O) groups excluding carboxylic acids is 1. The second kappa shape index (κ2) is 9.80. The normalized spacial score (nSPS) is 18.2. The zero-order valence-corrected chi connectivity index (χ0v) is 18.9. The molecule has 0 saturated carbocycles. The topological polar surface area (TPSA) is 75.3 Å². The summed E-state index contributed by atoms with van der Waals surface area (Å²) in [4.78, 5) is 13.1. The molecule has 0 bridgehead atoms. The van der Waals surface area contributed by atoms with Gasteiger partial charge in [-0.3, -0.25) is 4.79 Å². The van der Waals surface area contributed by atoms with Gasteiger partial charge in [0.2, 0.25) is 0 Å². The van der Waals surface area contributed by atoms with E-state index in [0.29, 0.717) is 5.56 Å². The fraction of sp³-hybridized carbons (Fsp3) is 0.409. The Balaban J connectivity index is 1.93. The molecule has 2 atom stereocenters. The van der Waals surface area contributed by atoms with Crippen LogP contribution in [0.4, 0.5) is 13.2 Å². The first-order chi connectivity index (χ1) is 15.0. The van der Waals surface area contributed by atoms with Crippen LogP contribution in [0.1, 0.15) is 53.7 Å². The molecule has 3 rings (SSSR count). The molecule has 0 spiro atoms. The number of rotatable bonds is 6. The van der Waals surface area contributed by atoms with Gasteiger partial charge in [0.25, 0.3) is 5.91 Å². The van der Waals surface area contributed by atoms with Crippen LogP contribution in [-0.4, -0.2) is 32.7 Å². The van der Waals surface area contributed by atoms with Gasteiger partial charge in [0, 0.05) is 6.04 Å². The monoisotopic (exact) mass is 488 g/mol. The minimum absolute atomic E-state index is 0.0370. The lowest BCUT2D eigenvalue weighted by molar-refractivity contribution is -0.137. The summed E-state index contributed by atoms with van der Waals surface area (Å²) in [6.07, 6.45) is -2.03. The smallest absolute Gasteiger partial charge is 0.344 e. The molecule has 5 nitrogen and oxygen atoms in total. The van der Waals surface area contributed by atoms with E-state index >= 15 is 0 Å². The maximum Gasteiger partial charge on any atom is 0.417 e. The number of benzene rings is 2. The molecule has 1 aliphatic rings. The van der Waals surface area contributed by atoms with Gasteiger partial charge in [-0.25, -0.2) is 8.42 Å². The van der Waals surface area contributed by atoms with Gasteiger partial charge in [-0.05, 0) is 49.2 Å². The Morgan fingerprint density at radius 1 is 1.19 bits per heavy atom. The van der Waals surface area contributed by atoms with Crippen molar-refractivity contribution in [1.82, 2.24) is 10.6 Å². The van der Waals surface area contributed by atoms with Crippen molar-refractivity contribution in [2.75, 3.05) is 12.3 Å². The molecule has 1 fully saturated rings. The summed E-state index contributed by atoms with van der Waals surface area (Å²) < 4.78 is 63.8. The molecule has 2 N–H and O–H groups in total. The summed E-state index contributed by atoms with van der Waals surface area (Å²) >= 11 is 5.93. The van der Waals surface area contributed by atoms with Crippen molar-refractivity contribution in [2.24, 2.45) is 0 Å². The fourth-order valence-corrected chi connectivity index (χ4v) is 4.98. The summed E-state index contributed by atoms with van der Waals surface area (Å²) in [5.74, 6) is -0.770. The average molecular weight is 489 g/mol. The highest BCUT2D eigenvalue weighted by Crippen LogP contribution is 2.36. The molecule has 0 aromatic heterocycles. The summed E-state index contributed by atoms with van der Waals surface area (Å²) in [5.41, 5.74) is -0.698. The Bertz CT molecular complexity index is 1070. The Labute approximate surface area is 190 Å². The molecule has 32 heavy (non-hydrogen) atoms. The third kappa shape index (κ3) is 5.44. The number of carbonyl (C=O) groups is 1. The van der Waals surface area contributed by atoms with Crippen molar-refractivity contribution in [3.05, 3.63) is 64.2 Å². The summed E-state index contributed by atoms with van der Waals surface area (Å²) in [6, 6.07) is 8.68. The maximum atomic E-state index is 13.2. The molecule has 1 heterocycles. The molecule has 1 saturated heterocycles. The van der Waals surface area contributed by atoms with Crippen molar-refractivity contribution >= 4 is 27.3 Å². The first kappa shape index (κ1) is 24.5. The molecule has 0 aliphatic carbocycles. The lowest BCUT2D eigenvalue weighted by Gasteiger charge is -2.32. The van der Waals surface area contributed by atoms with E-state index in [0.717, 1.165) is 37.9 Å². The Hall–Kier alpha value is -2.10. The van der Waals surface area contributed by atoms with Crippen LogP contribution in [0.15, 0.2) is 47.4 Å². The van der Waals surface area contributed by atoms with E-state index < -0.39 is 38.5 Å². The molecule has 174 valence electrons. The van der Waals surface area contributed by atoms with Crippen LogP contribution in [0.25, 0.3) is 0 Å². The van der Waals surface area contributed by atoms with Crippen LogP contribution in [0.3, 0.4) is 0 Å². The highest BCUT2D eigenvalue weighted by Gasteiger charge is 2.35. The van der Waals surface area contributed by atoms with Gasteiger partial charge in [0.15, 0.2) is 9.84 Å². The van der Waals surface area contributed by atoms with Crippen LogP contribution in [0, 0.1) is 0 Å². The van der Waals surface area contributed by atoms with Gasteiger partial charge < -0.3 is 10.6 Å². The molecule has 1 amide bonds. The van der Waals surface area contributed by atoms with Crippen molar-refractivity contribution in [3.63, 3.8) is 0 Å². The van der Waals surface area contributed by atoms with Gasteiger partial charge >= 0.3 is 6.18 Å². The van der Waals surface area contributed by atoms with E-state index in [-0.39, 0.29) is 22.3 Å². The highest BCUT2D eigenvalue weighted by molar-refractivity contribution is 7.91. The van der Waals surface area contributed by atoms with Crippen molar-refractivity contribution in [2.45, 2.75) is 49.3 Å². The maximum absolute atomic E-state index is 13.2. The number of halogens is 4. The van der Waals surface area contributed by atoms with Gasteiger partial charge in [0.05, 0.1) is 32.8 Å². The van der Waals surface area contributed by atoms with Crippen molar-refractivity contribution < 1.29 is 26.4 Å². The number of piperidine rings is 1. The minimum atomic E-state index is -4.68. The lowest BCUT2D eigenvalue weighted by Crippen LogP contribution is -2.46. The number of hydrogen-bond donors (Lipinski definition) is 2. The van der Waals surface area contributed by atoms with Crippen LogP contribution in [0.5, 0.6) is 0 Å². The van der Waals surface area contributed by atoms with Gasteiger partial charge in [0.1, 0.15) is 0 Å². The number of amides is 1. The second-order valence-corrected chi connectivity index (χ2v) is 10.3. The molecule has 2 aromatic carbocycles. The predicted octanol–water partition coefficient (Wildman–Crippen LogP) is 4.77. The van der Waals surface area contributed by atoms with E-state index in [4.69, 9.17) is 11.6 Å². The SMILES string of the molecule is CCS(=O)(=O)c1ccc([C@@H](NC(=O)c2cccc(C(F)(F)F)c2Cl)[C@H]2CCCCN2)cc1. The largest absolute Gasteiger partial charge is 0.417 e. The van der Waals surface area contributed by atoms with Crippen molar-refractivity contribution in [3.8, 4) is 0 Å². The van der Waals surface area contributed by atoms with Gasteiger partial charge in [-0.1, -0.05) is 43.1 Å². The summed E-state index contributed by atoms with van der Waals surface area (Å²) in [6.45, 7) is 2.29. The summed E-state index contributed by atoms with van der Waals surface area (Å²) in [5, 5.41) is 5.49. The van der Waals surface area contributed by atoms with Crippen LogP contribution < -0.4 is 10.6 Å². The van der Waals surface area contributed by atoms with Crippen LogP contribution in [0.2, 0.25) is 5.02 Å². The van der Waals surface area contributed by atoms with Crippen molar-refractivity contribution in [1.29, 1.82) is 0 Å². The van der Waals surface area contributed by atoms with Crippen LogP contribution in [-0.2, 0) is 16.0 Å². The summed E-state index contributed by atoms with van der Waals surface area (Å²) in [7, 11) is -3.38. The lowest BCUT2D eigenvalue weighted by atomic mass is 9.92. The minimum Gasteiger partial charge on any atom is -0.344 e. The Morgan fingerprint density at radius 3 is 2.44 bits per heavy atom. The number of sulfone groups is 1. The van der Waals surface area contributed by atoms with E-state index in [1.165, 1.54) is 18.2 Å². The average Bonchev–Trinajstić information content (AvgIpc) is 2.77. The zero-order valence-electron chi connectivity index (χ0n) is 17.4. The molecular weight excluding hydrogens is 465 g/mol. The fourth-order valence-electron chi connectivity index (χ4n) is 3.77. The molecule has 10 heteroatoms. The van der Waals surface area contributed by atoms with Gasteiger partial charge in [-0.2, -0.15) is 13.2 Å². The molecule has 1 aliphatic heterocycles. The van der Waals surface area contributed by atoms with E-state index in [9.17, 15) is 26.4 Å². The highest BCUT2D eigenvalue weighted by atomic mass is 35.5. The first-order valence-corrected chi connectivity index (χ1v) is 12.3. The second-order valence-electron chi connectivity index (χ2n) is 7.64. The van der Waals surface area contributed by atoms with Crippen LogP contribution >= 0.6 is 11.6 Å². The number of nitrogens with one attached hydrogen (secondary N) is 2. The molecular formula is C22H24ClF3N2O3S. The van der Waals surface area contributed by atoms with Gasteiger partial charge in [-0.15, -0.1) is 0 Å². The standard InChI is InChI=1S/C22H24ClF3N2O3S/c1-2-32(30,31)15-11-9-14(10-12-15)20(18-8-3-4-13-27-18)28-21(29)16-6-5-7-17(19(16)23)22(24,25)26/h5-7,9-12,18,20,27H,2-4,8,13H2,1H3,(H,28,29)/t18-,20-/m1/s1. The predicted molar refractivity (Wildman–Crippen MR) is 116 cm³/mol. The van der Waals surface area contributed by atoms with E-state index in [1.54, 1.807) is 19.1 Å². The third-order valence-corrected chi connectivity index (χ3v) is 7.72. The third-order valence-electron chi connectivity index (χ3n) is 5.56. The Morgan fingerprint density at radius 2 is 1.88 bits per heavy atom. The van der Waals surface area contributed by atoms with E-state index in [2.05, 4.69) is 10.6 Å². The molecule has 0 radical (unpaired) electrons. The quantitative estimate of drug-likeness (QED) is 0.614. The van der Waals surface area contributed by atoms with E-state index in [1.807, 2.05) is 0 Å². The first-order valence-electron chi connectivity index (χ1n) is 10.3. The Kier molecular flexibility index (Phi) is 7.52. The molecule has 0 unspecified atom stereocenters. The molecule has 2 aromatic rings. The number of hydrogen-bond acceptors (Lipinski definition) is 4. The zero-order chi connectivity index (χ0) is 23.5. The number of alkyl halides is 3.